The predicted molar refractivity (Wildman–Crippen MR) is 74.8 cm³/mol. The molecule has 0 aromatic heterocycles. The van der Waals surface area contributed by atoms with Gasteiger partial charge in [-0.2, -0.15) is 0 Å². The van der Waals surface area contributed by atoms with Gasteiger partial charge < -0.3 is 15.6 Å². The van der Waals surface area contributed by atoms with Crippen LogP contribution >= 0.6 is 0 Å². The van der Waals surface area contributed by atoms with E-state index in [-0.39, 0.29) is 24.2 Å². The van der Waals surface area contributed by atoms with Crippen LogP contribution in [-0.2, 0) is 6.42 Å². The first-order valence-corrected chi connectivity index (χ1v) is 6.46. The van der Waals surface area contributed by atoms with Crippen molar-refractivity contribution in [2.45, 2.75) is 46.3 Å². The van der Waals surface area contributed by atoms with Gasteiger partial charge in [0.25, 0.3) is 0 Å². The largest absolute Gasteiger partial charge is 0.488 e. The summed E-state index contributed by atoms with van der Waals surface area (Å²) in [4.78, 5) is 0. The number of nitrogens with two attached hydrogens (primary N) is 1. The van der Waals surface area contributed by atoms with Crippen LogP contribution in [0.1, 0.15) is 33.3 Å². The van der Waals surface area contributed by atoms with Crippen molar-refractivity contribution in [2.75, 3.05) is 6.61 Å². The molecule has 0 heterocycles. The second-order valence-corrected chi connectivity index (χ2v) is 5.88. The molecular formula is C15H25NO2. The molecule has 2 unspecified atom stereocenters. The van der Waals surface area contributed by atoms with Gasteiger partial charge in [-0.3, -0.25) is 0 Å². The number of hydrogen-bond donors (Lipinski definition) is 2. The standard InChI is InChI=1S/C15H25NO2/c1-11(16)14(15(2,3)4)18-13-7-5-12(6-8-13)9-10-17/h5-8,11,14,17H,9-10,16H2,1-4H3. The average Bonchev–Trinajstić information content (AvgIpc) is 2.26. The lowest BCUT2D eigenvalue weighted by molar-refractivity contribution is 0.0684. The first-order chi connectivity index (χ1) is 8.34. The van der Waals surface area contributed by atoms with Crippen molar-refractivity contribution >= 4 is 0 Å². The monoisotopic (exact) mass is 251 g/mol. The first-order valence-electron chi connectivity index (χ1n) is 6.46. The Hall–Kier alpha value is -1.06. The van der Waals surface area contributed by atoms with Crippen molar-refractivity contribution in [3.8, 4) is 5.75 Å². The molecule has 18 heavy (non-hydrogen) atoms. The Balaban J connectivity index is 2.76. The molecule has 0 aliphatic rings. The van der Waals surface area contributed by atoms with E-state index in [2.05, 4.69) is 20.8 Å². The van der Waals surface area contributed by atoms with Crippen LogP contribution in [0.15, 0.2) is 24.3 Å². The van der Waals surface area contributed by atoms with E-state index in [1.54, 1.807) is 0 Å². The lowest BCUT2D eigenvalue weighted by Crippen LogP contribution is -2.45. The Labute approximate surface area is 110 Å². The molecule has 1 aromatic carbocycles. The zero-order valence-electron chi connectivity index (χ0n) is 11.8. The molecule has 102 valence electrons. The van der Waals surface area contributed by atoms with Gasteiger partial charge in [-0.1, -0.05) is 32.9 Å². The highest BCUT2D eigenvalue weighted by Gasteiger charge is 2.29. The summed E-state index contributed by atoms with van der Waals surface area (Å²) < 4.78 is 5.99. The lowest BCUT2D eigenvalue weighted by atomic mass is 9.85. The number of aliphatic hydroxyl groups excluding tert-OH is 1. The van der Waals surface area contributed by atoms with E-state index >= 15 is 0 Å². The average molecular weight is 251 g/mol. The van der Waals surface area contributed by atoms with Crippen molar-refractivity contribution < 1.29 is 9.84 Å². The van der Waals surface area contributed by atoms with E-state index < -0.39 is 0 Å². The van der Waals surface area contributed by atoms with E-state index in [0.29, 0.717) is 6.42 Å². The minimum absolute atomic E-state index is 0.00205. The molecule has 1 aromatic rings. The highest BCUT2D eigenvalue weighted by molar-refractivity contribution is 5.27. The van der Waals surface area contributed by atoms with Gasteiger partial charge in [0, 0.05) is 18.1 Å². The van der Waals surface area contributed by atoms with Gasteiger partial charge in [0.1, 0.15) is 11.9 Å². The van der Waals surface area contributed by atoms with E-state index in [4.69, 9.17) is 15.6 Å². The molecule has 0 aliphatic carbocycles. The van der Waals surface area contributed by atoms with Crippen molar-refractivity contribution in [3.63, 3.8) is 0 Å². The smallest absolute Gasteiger partial charge is 0.119 e. The molecule has 0 aliphatic heterocycles. The highest BCUT2D eigenvalue weighted by Crippen LogP contribution is 2.26. The van der Waals surface area contributed by atoms with Crippen LogP contribution in [0.5, 0.6) is 5.75 Å². The van der Waals surface area contributed by atoms with E-state index in [0.717, 1.165) is 11.3 Å². The van der Waals surface area contributed by atoms with Crippen molar-refractivity contribution in [2.24, 2.45) is 11.1 Å². The minimum atomic E-state index is -0.0267. The van der Waals surface area contributed by atoms with Crippen LogP contribution < -0.4 is 10.5 Å². The fraction of sp³-hybridized carbons (Fsp3) is 0.600. The third kappa shape index (κ3) is 4.31. The molecule has 0 saturated heterocycles. The second-order valence-electron chi connectivity index (χ2n) is 5.88. The molecule has 3 N–H and O–H groups in total. The van der Waals surface area contributed by atoms with Crippen molar-refractivity contribution in [1.29, 1.82) is 0 Å². The molecular weight excluding hydrogens is 226 g/mol. The fourth-order valence-electron chi connectivity index (χ4n) is 2.08. The maximum absolute atomic E-state index is 8.87. The summed E-state index contributed by atoms with van der Waals surface area (Å²) in [6.45, 7) is 8.52. The Morgan fingerprint density at radius 3 is 2.17 bits per heavy atom. The lowest BCUT2D eigenvalue weighted by Gasteiger charge is -2.34. The number of hydrogen-bond acceptors (Lipinski definition) is 3. The maximum atomic E-state index is 8.87. The summed E-state index contributed by atoms with van der Waals surface area (Å²) in [6.07, 6.45) is 0.650. The van der Waals surface area contributed by atoms with E-state index in [1.165, 1.54) is 0 Å². The van der Waals surface area contributed by atoms with Gasteiger partial charge in [-0.05, 0) is 31.0 Å². The molecule has 0 bridgehead atoms. The molecule has 0 fully saturated rings. The fourth-order valence-corrected chi connectivity index (χ4v) is 2.08. The van der Waals surface area contributed by atoms with Gasteiger partial charge in [-0.25, -0.2) is 0 Å². The Morgan fingerprint density at radius 1 is 1.22 bits per heavy atom. The third-order valence-corrected chi connectivity index (χ3v) is 2.92. The normalized spacial score (nSPS) is 15.2. The zero-order valence-corrected chi connectivity index (χ0v) is 11.8. The highest BCUT2D eigenvalue weighted by atomic mass is 16.5. The van der Waals surface area contributed by atoms with E-state index in [9.17, 15) is 0 Å². The van der Waals surface area contributed by atoms with Crippen LogP contribution in [0, 0.1) is 5.41 Å². The second kappa shape index (κ2) is 6.21. The van der Waals surface area contributed by atoms with Crippen LogP contribution in [0.25, 0.3) is 0 Å². The summed E-state index contributed by atoms with van der Waals surface area (Å²) in [6, 6.07) is 7.80. The quantitative estimate of drug-likeness (QED) is 0.844. The van der Waals surface area contributed by atoms with Gasteiger partial charge in [0.15, 0.2) is 0 Å². The third-order valence-electron chi connectivity index (χ3n) is 2.92. The minimum Gasteiger partial charge on any atom is -0.488 e. The molecule has 3 nitrogen and oxygen atoms in total. The number of rotatable bonds is 5. The van der Waals surface area contributed by atoms with Crippen molar-refractivity contribution in [1.82, 2.24) is 0 Å². The number of benzene rings is 1. The summed E-state index contributed by atoms with van der Waals surface area (Å²) in [5.74, 6) is 0.828. The Kier molecular flexibility index (Phi) is 5.17. The van der Waals surface area contributed by atoms with Gasteiger partial charge >= 0.3 is 0 Å². The molecule has 0 saturated carbocycles. The Bertz CT molecular complexity index is 352. The molecule has 3 heteroatoms. The Morgan fingerprint density at radius 2 is 1.78 bits per heavy atom. The van der Waals surface area contributed by atoms with Crippen LogP contribution in [0.3, 0.4) is 0 Å². The summed E-state index contributed by atoms with van der Waals surface area (Å²) >= 11 is 0. The molecule has 1 rings (SSSR count). The topological polar surface area (TPSA) is 55.5 Å². The predicted octanol–water partition coefficient (Wildman–Crippen LogP) is 2.36. The van der Waals surface area contributed by atoms with Crippen LogP contribution in [0.4, 0.5) is 0 Å². The SMILES string of the molecule is CC(N)C(Oc1ccc(CCO)cc1)C(C)(C)C. The molecule has 0 radical (unpaired) electrons. The van der Waals surface area contributed by atoms with Gasteiger partial charge in [0.2, 0.25) is 0 Å². The molecule has 0 spiro atoms. The van der Waals surface area contributed by atoms with Gasteiger partial charge in [-0.15, -0.1) is 0 Å². The summed E-state index contributed by atoms with van der Waals surface area (Å²) in [7, 11) is 0. The van der Waals surface area contributed by atoms with Crippen LogP contribution in [-0.4, -0.2) is 23.9 Å². The first kappa shape index (κ1) is 15.0. The van der Waals surface area contributed by atoms with Crippen molar-refractivity contribution in [3.05, 3.63) is 29.8 Å². The number of ether oxygens (including phenoxy) is 1. The van der Waals surface area contributed by atoms with Gasteiger partial charge in [0.05, 0.1) is 0 Å². The maximum Gasteiger partial charge on any atom is 0.119 e. The van der Waals surface area contributed by atoms with Crippen LogP contribution in [0.2, 0.25) is 0 Å². The summed E-state index contributed by atoms with van der Waals surface area (Å²) in [5.41, 5.74) is 7.10. The molecule has 2 atom stereocenters. The molecule has 0 amide bonds. The number of aliphatic hydroxyl groups is 1. The van der Waals surface area contributed by atoms with E-state index in [1.807, 2.05) is 31.2 Å². The summed E-state index contributed by atoms with van der Waals surface area (Å²) in [5, 5.41) is 8.87. The zero-order chi connectivity index (χ0) is 13.8.